The Hall–Kier alpha value is -2.53. The molecule has 1 aliphatic rings. The van der Waals surface area contributed by atoms with Gasteiger partial charge in [0, 0.05) is 30.9 Å². The zero-order chi connectivity index (χ0) is 16.2. The Labute approximate surface area is 135 Å². The van der Waals surface area contributed by atoms with Crippen molar-refractivity contribution in [1.29, 1.82) is 0 Å². The third kappa shape index (κ3) is 3.00. The van der Waals surface area contributed by atoms with Gasteiger partial charge >= 0.3 is 0 Å². The first-order valence-electron chi connectivity index (χ1n) is 7.57. The largest absolute Gasteiger partial charge is 0.493 e. The molecule has 0 aromatic heterocycles. The predicted molar refractivity (Wildman–Crippen MR) is 89.4 cm³/mol. The van der Waals surface area contributed by atoms with E-state index in [9.17, 15) is 4.79 Å². The van der Waals surface area contributed by atoms with Gasteiger partial charge in [-0.05, 0) is 29.8 Å². The van der Waals surface area contributed by atoms with Crippen LogP contribution in [0.4, 0.5) is 5.69 Å². The van der Waals surface area contributed by atoms with E-state index in [1.807, 2.05) is 29.2 Å². The Balaban J connectivity index is 1.97. The number of anilines is 1. The van der Waals surface area contributed by atoms with E-state index >= 15 is 0 Å². The lowest BCUT2D eigenvalue weighted by Gasteiger charge is -2.23. The summed E-state index contributed by atoms with van der Waals surface area (Å²) in [5.41, 5.74) is 2.66. The molecule has 0 spiro atoms. The van der Waals surface area contributed by atoms with Gasteiger partial charge in [0.1, 0.15) is 0 Å². The molecule has 2 aromatic carbocycles. The van der Waals surface area contributed by atoms with Crippen LogP contribution in [-0.2, 0) is 6.54 Å². The molecular formula is C18H20N2O3. The lowest BCUT2D eigenvalue weighted by Crippen LogP contribution is -2.34. The zero-order valence-corrected chi connectivity index (χ0v) is 13.3. The Morgan fingerprint density at radius 1 is 1.09 bits per heavy atom. The SMILES string of the molecule is COc1ccc(C(=O)N2CCNCc3ccccc32)cc1OC. The number of amides is 1. The summed E-state index contributed by atoms with van der Waals surface area (Å²) >= 11 is 0. The molecule has 0 saturated carbocycles. The van der Waals surface area contributed by atoms with Crippen LogP contribution < -0.4 is 19.7 Å². The van der Waals surface area contributed by atoms with E-state index < -0.39 is 0 Å². The second-order valence-electron chi connectivity index (χ2n) is 5.33. The van der Waals surface area contributed by atoms with E-state index in [1.54, 1.807) is 32.4 Å². The molecule has 0 atom stereocenters. The first-order valence-corrected chi connectivity index (χ1v) is 7.57. The van der Waals surface area contributed by atoms with Gasteiger partial charge in [-0.2, -0.15) is 0 Å². The van der Waals surface area contributed by atoms with Gasteiger partial charge in [0.25, 0.3) is 5.91 Å². The third-order valence-electron chi connectivity index (χ3n) is 3.99. The molecule has 3 rings (SSSR count). The molecular weight excluding hydrogens is 292 g/mol. The number of rotatable bonds is 3. The minimum atomic E-state index is -0.0397. The molecule has 1 aliphatic heterocycles. The van der Waals surface area contributed by atoms with Crippen molar-refractivity contribution in [3.05, 3.63) is 53.6 Å². The highest BCUT2D eigenvalue weighted by molar-refractivity contribution is 6.07. The van der Waals surface area contributed by atoms with Crippen LogP contribution in [0.25, 0.3) is 0 Å². The quantitative estimate of drug-likeness (QED) is 0.946. The molecule has 1 heterocycles. The summed E-state index contributed by atoms with van der Waals surface area (Å²) in [5, 5.41) is 3.34. The van der Waals surface area contributed by atoms with Gasteiger partial charge in [-0.3, -0.25) is 4.79 Å². The van der Waals surface area contributed by atoms with Crippen molar-refractivity contribution in [2.45, 2.75) is 6.54 Å². The summed E-state index contributed by atoms with van der Waals surface area (Å²) < 4.78 is 10.5. The zero-order valence-electron chi connectivity index (χ0n) is 13.3. The summed E-state index contributed by atoms with van der Waals surface area (Å²) in [6.07, 6.45) is 0. The first kappa shape index (κ1) is 15.4. The van der Waals surface area contributed by atoms with Crippen molar-refractivity contribution in [2.75, 3.05) is 32.2 Å². The van der Waals surface area contributed by atoms with Crippen LogP contribution >= 0.6 is 0 Å². The van der Waals surface area contributed by atoms with Gasteiger partial charge in [0.15, 0.2) is 11.5 Å². The van der Waals surface area contributed by atoms with E-state index in [2.05, 4.69) is 5.32 Å². The van der Waals surface area contributed by atoms with Crippen molar-refractivity contribution in [3.8, 4) is 11.5 Å². The average Bonchev–Trinajstić information content (AvgIpc) is 2.83. The molecule has 2 aromatic rings. The van der Waals surface area contributed by atoms with Crippen LogP contribution in [-0.4, -0.2) is 33.2 Å². The van der Waals surface area contributed by atoms with Crippen molar-refractivity contribution in [2.24, 2.45) is 0 Å². The molecule has 0 radical (unpaired) electrons. The maximum absolute atomic E-state index is 13.0. The summed E-state index contributed by atoms with van der Waals surface area (Å²) in [4.78, 5) is 14.8. The predicted octanol–water partition coefficient (Wildman–Crippen LogP) is 2.45. The number of benzene rings is 2. The number of para-hydroxylation sites is 1. The van der Waals surface area contributed by atoms with Gasteiger partial charge in [-0.25, -0.2) is 0 Å². The standard InChI is InChI=1S/C18H20N2O3/c1-22-16-8-7-13(11-17(16)23-2)18(21)20-10-9-19-12-14-5-3-4-6-15(14)20/h3-8,11,19H,9-10,12H2,1-2H3. The molecule has 0 bridgehead atoms. The van der Waals surface area contributed by atoms with E-state index in [4.69, 9.17) is 9.47 Å². The molecule has 0 unspecified atom stereocenters. The Kier molecular flexibility index (Phi) is 4.48. The molecule has 0 aliphatic carbocycles. The summed E-state index contributed by atoms with van der Waals surface area (Å²) in [6, 6.07) is 13.2. The van der Waals surface area contributed by atoms with Crippen molar-refractivity contribution in [1.82, 2.24) is 5.32 Å². The van der Waals surface area contributed by atoms with Crippen LogP contribution in [0.1, 0.15) is 15.9 Å². The molecule has 1 N–H and O–H groups in total. The van der Waals surface area contributed by atoms with Gasteiger partial charge < -0.3 is 19.7 Å². The van der Waals surface area contributed by atoms with Crippen molar-refractivity contribution in [3.63, 3.8) is 0 Å². The highest BCUT2D eigenvalue weighted by Crippen LogP contribution is 2.30. The Morgan fingerprint density at radius 2 is 1.87 bits per heavy atom. The van der Waals surface area contributed by atoms with Crippen LogP contribution in [0.2, 0.25) is 0 Å². The summed E-state index contributed by atoms with van der Waals surface area (Å²) in [5.74, 6) is 1.13. The minimum Gasteiger partial charge on any atom is -0.493 e. The number of carbonyl (C=O) groups is 1. The fourth-order valence-corrected chi connectivity index (χ4v) is 2.79. The molecule has 120 valence electrons. The number of hydrogen-bond acceptors (Lipinski definition) is 4. The molecule has 5 nitrogen and oxygen atoms in total. The highest BCUT2D eigenvalue weighted by Gasteiger charge is 2.22. The Morgan fingerprint density at radius 3 is 2.65 bits per heavy atom. The molecule has 5 heteroatoms. The first-order chi connectivity index (χ1) is 11.2. The molecule has 23 heavy (non-hydrogen) atoms. The fourth-order valence-electron chi connectivity index (χ4n) is 2.79. The second-order valence-corrected chi connectivity index (χ2v) is 5.33. The van der Waals surface area contributed by atoms with Crippen molar-refractivity contribution >= 4 is 11.6 Å². The maximum atomic E-state index is 13.0. The number of methoxy groups -OCH3 is 2. The van der Waals surface area contributed by atoms with Crippen molar-refractivity contribution < 1.29 is 14.3 Å². The molecule has 0 saturated heterocycles. The minimum absolute atomic E-state index is 0.0397. The lowest BCUT2D eigenvalue weighted by molar-refractivity contribution is 0.0987. The number of nitrogens with zero attached hydrogens (tertiary/aromatic N) is 1. The summed E-state index contributed by atoms with van der Waals surface area (Å²) in [7, 11) is 3.15. The van der Waals surface area contributed by atoms with E-state index in [0.717, 1.165) is 24.3 Å². The monoisotopic (exact) mass is 312 g/mol. The van der Waals surface area contributed by atoms with E-state index in [1.165, 1.54) is 0 Å². The number of ether oxygens (including phenoxy) is 2. The maximum Gasteiger partial charge on any atom is 0.258 e. The van der Waals surface area contributed by atoms with Crippen LogP contribution in [0.5, 0.6) is 11.5 Å². The number of nitrogens with one attached hydrogen (secondary N) is 1. The number of carbonyl (C=O) groups excluding carboxylic acids is 1. The van der Waals surface area contributed by atoms with Gasteiger partial charge in [-0.1, -0.05) is 18.2 Å². The average molecular weight is 312 g/mol. The normalized spacial score (nSPS) is 13.9. The Bertz CT molecular complexity index is 715. The third-order valence-corrected chi connectivity index (χ3v) is 3.99. The molecule has 1 amide bonds. The smallest absolute Gasteiger partial charge is 0.258 e. The van der Waals surface area contributed by atoms with Crippen LogP contribution in [0, 0.1) is 0 Å². The van der Waals surface area contributed by atoms with Gasteiger partial charge in [0.2, 0.25) is 0 Å². The number of fused-ring (bicyclic) bond motifs is 1. The van der Waals surface area contributed by atoms with Crippen LogP contribution in [0.15, 0.2) is 42.5 Å². The fraction of sp³-hybridized carbons (Fsp3) is 0.278. The van der Waals surface area contributed by atoms with E-state index in [-0.39, 0.29) is 5.91 Å². The topological polar surface area (TPSA) is 50.8 Å². The summed E-state index contributed by atoms with van der Waals surface area (Å²) in [6.45, 7) is 2.16. The van der Waals surface area contributed by atoms with Crippen LogP contribution in [0.3, 0.4) is 0 Å². The highest BCUT2D eigenvalue weighted by atomic mass is 16.5. The molecule has 0 fully saturated rings. The second kappa shape index (κ2) is 6.71. The number of hydrogen-bond donors (Lipinski definition) is 1. The lowest BCUT2D eigenvalue weighted by atomic mass is 10.1. The van der Waals surface area contributed by atoms with Gasteiger partial charge in [0.05, 0.1) is 14.2 Å². The van der Waals surface area contributed by atoms with E-state index in [0.29, 0.717) is 23.6 Å². The van der Waals surface area contributed by atoms with Gasteiger partial charge in [-0.15, -0.1) is 0 Å².